The molecule has 0 radical (unpaired) electrons. The van der Waals surface area contributed by atoms with Crippen LogP contribution in [0.15, 0.2) is 58.8 Å². The van der Waals surface area contributed by atoms with Gasteiger partial charge < -0.3 is 0 Å². The van der Waals surface area contributed by atoms with Crippen molar-refractivity contribution in [2.24, 2.45) is 0 Å². The van der Waals surface area contributed by atoms with Crippen LogP contribution in [0.1, 0.15) is 15.9 Å². The fourth-order valence-corrected chi connectivity index (χ4v) is 2.51. The first kappa shape index (κ1) is 14.8. The second-order valence-electron chi connectivity index (χ2n) is 4.23. The van der Waals surface area contributed by atoms with Crippen molar-refractivity contribution in [1.82, 2.24) is 0 Å². The predicted octanol–water partition coefficient (Wildman–Crippen LogP) is 5.28. The van der Waals surface area contributed by atoms with Gasteiger partial charge in [-0.2, -0.15) is 0 Å². The molecular formula is C16H12ClFOS. The quantitative estimate of drug-likeness (QED) is 0.434. The molecule has 0 amide bonds. The van der Waals surface area contributed by atoms with Gasteiger partial charge in [0.25, 0.3) is 0 Å². The molecule has 0 aliphatic rings. The Morgan fingerprint density at radius 2 is 1.90 bits per heavy atom. The fourth-order valence-electron chi connectivity index (χ4n) is 1.55. The van der Waals surface area contributed by atoms with Gasteiger partial charge in [0.05, 0.1) is 5.02 Å². The van der Waals surface area contributed by atoms with Gasteiger partial charge in [0.15, 0.2) is 5.78 Å². The molecule has 0 unspecified atom stereocenters. The van der Waals surface area contributed by atoms with Gasteiger partial charge in [-0.25, -0.2) is 4.39 Å². The molecule has 20 heavy (non-hydrogen) atoms. The lowest BCUT2D eigenvalue weighted by Crippen LogP contribution is -1.93. The highest BCUT2D eigenvalue weighted by Crippen LogP contribution is 2.28. The summed E-state index contributed by atoms with van der Waals surface area (Å²) in [6, 6.07) is 11.5. The van der Waals surface area contributed by atoms with Gasteiger partial charge >= 0.3 is 0 Å². The lowest BCUT2D eigenvalue weighted by molar-refractivity contribution is 0.104. The third-order valence-electron chi connectivity index (χ3n) is 2.64. The van der Waals surface area contributed by atoms with Crippen molar-refractivity contribution in [3.8, 4) is 0 Å². The molecule has 102 valence electrons. The lowest BCUT2D eigenvalue weighted by Gasteiger charge is -2.00. The second kappa shape index (κ2) is 6.73. The Kier molecular flexibility index (Phi) is 4.99. The molecule has 4 heteroatoms. The first-order valence-electron chi connectivity index (χ1n) is 5.95. The Morgan fingerprint density at radius 3 is 2.55 bits per heavy atom. The molecule has 2 aromatic rings. The molecule has 2 aromatic carbocycles. The highest BCUT2D eigenvalue weighted by Gasteiger charge is 2.03. The zero-order chi connectivity index (χ0) is 14.5. The van der Waals surface area contributed by atoms with Gasteiger partial charge in [0.2, 0.25) is 0 Å². The second-order valence-corrected chi connectivity index (χ2v) is 5.58. The van der Waals surface area contributed by atoms with Crippen LogP contribution < -0.4 is 0 Å². The average molecular weight is 307 g/mol. The Hall–Kier alpha value is -1.58. The smallest absolute Gasteiger partial charge is 0.186 e. The number of ketones is 1. The molecule has 0 saturated heterocycles. The molecule has 0 N–H and O–H groups in total. The number of carbonyl (C=O) groups is 1. The van der Waals surface area contributed by atoms with E-state index in [2.05, 4.69) is 0 Å². The summed E-state index contributed by atoms with van der Waals surface area (Å²) in [5.41, 5.74) is 1.75. The highest BCUT2D eigenvalue weighted by atomic mass is 35.5. The van der Waals surface area contributed by atoms with Gasteiger partial charge in [0.1, 0.15) is 5.82 Å². The van der Waals surface area contributed by atoms with Crippen LogP contribution >= 0.6 is 23.4 Å². The summed E-state index contributed by atoms with van der Waals surface area (Å²) < 4.78 is 12.9. The molecule has 0 atom stereocenters. The number of allylic oxidation sites excluding steroid dienone is 1. The normalized spacial score (nSPS) is 10.9. The summed E-state index contributed by atoms with van der Waals surface area (Å²) in [7, 11) is 0. The minimum absolute atomic E-state index is 0.0734. The van der Waals surface area contributed by atoms with Crippen LogP contribution in [-0.2, 0) is 0 Å². The van der Waals surface area contributed by atoms with Crippen molar-refractivity contribution in [3.63, 3.8) is 0 Å². The van der Waals surface area contributed by atoms with E-state index in [0.29, 0.717) is 15.5 Å². The van der Waals surface area contributed by atoms with Crippen molar-refractivity contribution in [1.29, 1.82) is 0 Å². The summed E-state index contributed by atoms with van der Waals surface area (Å²) in [6.07, 6.45) is 1.48. The predicted molar refractivity (Wildman–Crippen MR) is 81.9 cm³/mol. The van der Waals surface area contributed by atoms with Crippen molar-refractivity contribution < 1.29 is 9.18 Å². The maximum atomic E-state index is 12.9. The third kappa shape index (κ3) is 3.95. The number of halogens is 2. The molecule has 0 bridgehead atoms. The minimum atomic E-state index is -0.376. The van der Waals surface area contributed by atoms with Crippen molar-refractivity contribution in [2.75, 3.05) is 0 Å². The summed E-state index contributed by atoms with van der Waals surface area (Å²) in [6.45, 7) is 1.97. The zero-order valence-electron chi connectivity index (χ0n) is 10.8. The van der Waals surface area contributed by atoms with E-state index in [0.717, 1.165) is 5.56 Å². The van der Waals surface area contributed by atoms with Gasteiger partial charge in [-0.05, 0) is 36.6 Å². The molecule has 0 heterocycles. The third-order valence-corrected chi connectivity index (χ3v) is 3.95. The van der Waals surface area contributed by atoms with Crippen LogP contribution in [0.25, 0.3) is 0 Å². The Labute approximate surface area is 126 Å². The van der Waals surface area contributed by atoms with Crippen LogP contribution in [0.4, 0.5) is 4.39 Å². The molecule has 1 nitrogen and oxygen atoms in total. The summed E-state index contributed by atoms with van der Waals surface area (Å²) in [5, 5.41) is 1.99. The van der Waals surface area contributed by atoms with E-state index in [9.17, 15) is 9.18 Å². The van der Waals surface area contributed by atoms with Gasteiger partial charge in [-0.15, -0.1) is 0 Å². The summed E-state index contributed by atoms with van der Waals surface area (Å²) in [4.78, 5) is 12.6. The molecular weight excluding hydrogens is 295 g/mol. The maximum Gasteiger partial charge on any atom is 0.186 e. The van der Waals surface area contributed by atoms with E-state index in [1.807, 2.05) is 19.1 Å². The molecule has 0 saturated carbocycles. The van der Waals surface area contributed by atoms with E-state index in [4.69, 9.17) is 11.6 Å². The lowest BCUT2D eigenvalue weighted by atomic mass is 10.1. The molecule has 0 fully saturated rings. The van der Waals surface area contributed by atoms with Gasteiger partial charge in [-0.3, -0.25) is 4.79 Å². The van der Waals surface area contributed by atoms with Crippen molar-refractivity contribution >= 4 is 29.1 Å². The first-order valence-corrected chi connectivity index (χ1v) is 7.21. The Balaban J connectivity index is 2.02. The monoisotopic (exact) mass is 306 g/mol. The molecule has 0 aliphatic carbocycles. The number of hydrogen-bond acceptors (Lipinski definition) is 2. The van der Waals surface area contributed by atoms with Crippen LogP contribution in [0.2, 0.25) is 5.02 Å². The van der Waals surface area contributed by atoms with Gasteiger partial charge in [0, 0.05) is 10.5 Å². The number of carbonyl (C=O) groups excluding carboxylic acids is 1. The number of aryl methyl sites for hydroxylation is 1. The van der Waals surface area contributed by atoms with Crippen molar-refractivity contribution in [3.05, 3.63) is 75.9 Å². The topological polar surface area (TPSA) is 17.1 Å². The van der Waals surface area contributed by atoms with E-state index >= 15 is 0 Å². The number of thioether (sulfide) groups is 1. The number of rotatable bonds is 4. The van der Waals surface area contributed by atoms with E-state index in [1.54, 1.807) is 23.6 Å². The zero-order valence-corrected chi connectivity index (χ0v) is 12.3. The van der Waals surface area contributed by atoms with Crippen LogP contribution in [0.5, 0.6) is 0 Å². The average Bonchev–Trinajstić information content (AvgIpc) is 2.42. The molecule has 0 aliphatic heterocycles. The summed E-state index contributed by atoms with van der Waals surface area (Å²) >= 11 is 7.18. The molecule has 0 spiro atoms. The Morgan fingerprint density at radius 1 is 1.20 bits per heavy atom. The van der Waals surface area contributed by atoms with Crippen molar-refractivity contribution in [2.45, 2.75) is 11.8 Å². The van der Waals surface area contributed by atoms with Crippen LogP contribution in [0, 0.1) is 12.7 Å². The van der Waals surface area contributed by atoms with E-state index in [1.165, 1.54) is 30.0 Å². The molecule has 0 aromatic heterocycles. The van der Waals surface area contributed by atoms with Gasteiger partial charge in [-0.1, -0.05) is 53.2 Å². The maximum absolute atomic E-state index is 12.9. The Bertz CT molecular complexity index is 650. The highest BCUT2D eigenvalue weighted by molar-refractivity contribution is 8.02. The fraction of sp³-hybridized carbons (Fsp3) is 0.0625. The number of benzene rings is 2. The minimum Gasteiger partial charge on any atom is -0.289 e. The van der Waals surface area contributed by atoms with E-state index < -0.39 is 0 Å². The van der Waals surface area contributed by atoms with E-state index in [-0.39, 0.29) is 11.6 Å². The summed E-state index contributed by atoms with van der Waals surface area (Å²) in [5.74, 6) is -0.449. The molecule has 2 rings (SSSR count). The largest absolute Gasteiger partial charge is 0.289 e. The van der Waals surface area contributed by atoms with Crippen LogP contribution in [0.3, 0.4) is 0 Å². The first-order chi connectivity index (χ1) is 9.56. The van der Waals surface area contributed by atoms with Crippen LogP contribution in [-0.4, -0.2) is 5.78 Å². The number of hydrogen-bond donors (Lipinski definition) is 0. The SMILES string of the molecule is Cc1ccc(C(=O)C=CSc2ccc(F)cc2Cl)cc1. The standard InChI is InChI=1S/C16H12ClFOS/c1-11-2-4-12(5-3-11)15(19)8-9-20-16-7-6-13(18)10-14(16)17/h2-10H,1H3.